The lowest BCUT2D eigenvalue weighted by Gasteiger charge is -2.04. The Morgan fingerprint density at radius 3 is 2.48 bits per heavy atom. The molecule has 0 bridgehead atoms. The smallest absolute Gasteiger partial charge is 0.408 e. The van der Waals surface area contributed by atoms with Gasteiger partial charge < -0.3 is 10.1 Å². The molecule has 2 aromatic carbocycles. The topological polar surface area (TPSA) is 72.5 Å². The fourth-order valence-corrected chi connectivity index (χ4v) is 2.90. The molecule has 2 aromatic rings. The molecule has 0 radical (unpaired) electrons. The zero-order valence-corrected chi connectivity index (χ0v) is 14.7. The monoisotopic (exact) mass is 357 g/mol. The van der Waals surface area contributed by atoms with Gasteiger partial charge in [0.1, 0.15) is 6.61 Å². The van der Waals surface area contributed by atoms with Crippen LogP contribution < -0.4 is 5.32 Å². The van der Waals surface area contributed by atoms with Gasteiger partial charge in [0, 0.05) is 11.8 Å². The van der Waals surface area contributed by atoms with Crippen molar-refractivity contribution in [2.24, 2.45) is 0 Å². The predicted molar refractivity (Wildman–Crippen MR) is 96.5 cm³/mol. The number of amides is 1. The van der Waals surface area contributed by atoms with Crippen LogP contribution in [0.2, 0.25) is 0 Å². The molecule has 25 heavy (non-hydrogen) atoms. The second-order valence-corrected chi connectivity index (χ2v) is 7.58. The summed E-state index contributed by atoms with van der Waals surface area (Å²) in [5, 5.41) is 2.54. The molecule has 130 valence electrons. The predicted octanol–water partition coefficient (Wildman–Crippen LogP) is 2.51. The second kappa shape index (κ2) is 8.90. The van der Waals surface area contributed by atoms with Crippen molar-refractivity contribution in [1.29, 1.82) is 0 Å². The van der Waals surface area contributed by atoms with Crippen LogP contribution in [0.3, 0.4) is 0 Å². The van der Waals surface area contributed by atoms with Crippen molar-refractivity contribution >= 4 is 15.9 Å². The molecule has 2 rings (SSSR count). The number of sulfone groups is 1. The number of carbonyl (C=O) groups excluding carboxylic acids is 1. The number of benzene rings is 2. The highest BCUT2D eigenvalue weighted by Crippen LogP contribution is 2.10. The van der Waals surface area contributed by atoms with E-state index in [1.807, 2.05) is 30.3 Å². The molecule has 0 heterocycles. The summed E-state index contributed by atoms with van der Waals surface area (Å²) in [7, 11) is -3.13. The summed E-state index contributed by atoms with van der Waals surface area (Å²) in [4.78, 5) is 11.6. The minimum absolute atomic E-state index is 0.0651. The van der Waals surface area contributed by atoms with Gasteiger partial charge in [0.2, 0.25) is 0 Å². The molecule has 0 fully saturated rings. The molecule has 0 unspecified atom stereocenters. The Balaban J connectivity index is 1.85. The van der Waals surface area contributed by atoms with Crippen molar-refractivity contribution in [3.63, 3.8) is 0 Å². The van der Waals surface area contributed by atoms with Crippen LogP contribution in [-0.2, 0) is 26.9 Å². The Morgan fingerprint density at radius 1 is 1.08 bits per heavy atom. The van der Waals surface area contributed by atoms with Gasteiger partial charge in [-0.25, -0.2) is 13.2 Å². The molecule has 6 heteroatoms. The largest absolute Gasteiger partial charge is 0.445 e. The highest BCUT2D eigenvalue weighted by Gasteiger charge is 2.07. The average Bonchev–Trinajstić information content (AvgIpc) is 2.58. The van der Waals surface area contributed by atoms with E-state index in [2.05, 4.69) is 17.2 Å². The van der Waals surface area contributed by atoms with E-state index in [1.54, 1.807) is 24.3 Å². The van der Waals surface area contributed by atoms with E-state index >= 15 is 0 Å². The Morgan fingerprint density at radius 2 is 1.76 bits per heavy atom. The Labute approximate surface area is 147 Å². The van der Waals surface area contributed by atoms with Gasteiger partial charge in [-0.2, -0.15) is 0 Å². The molecule has 0 aliphatic heterocycles. The lowest BCUT2D eigenvalue weighted by atomic mass is 10.1. The van der Waals surface area contributed by atoms with Crippen LogP contribution in [0.15, 0.2) is 54.6 Å². The van der Waals surface area contributed by atoms with Gasteiger partial charge in [0.05, 0.1) is 12.3 Å². The van der Waals surface area contributed by atoms with Gasteiger partial charge in [-0.15, -0.1) is 0 Å². The lowest BCUT2D eigenvalue weighted by molar-refractivity contribution is 0.141. The van der Waals surface area contributed by atoms with E-state index in [-0.39, 0.29) is 18.9 Å². The van der Waals surface area contributed by atoms with E-state index in [9.17, 15) is 13.2 Å². The molecule has 0 aromatic heterocycles. The minimum atomic E-state index is -3.13. The van der Waals surface area contributed by atoms with Crippen molar-refractivity contribution in [2.75, 3.05) is 12.8 Å². The molecule has 0 atom stereocenters. The van der Waals surface area contributed by atoms with Gasteiger partial charge in [0.25, 0.3) is 0 Å². The van der Waals surface area contributed by atoms with Crippen LogP contribution in [0.4, 0.5) is 4.79 Å². The fraction of sp³-hybridized carbons (Fsp3) is 0.211. The third-order valence-corrected chi connectivity index (χ3v) is 4.03. The third kappa shape index (κ3) is 7.10. The maximum atomic E-state index is 11.6. The first-order chi connectivity index (χ1) is 11.9. The van der Waals surface area contributed by atoms with Crippen molar-refractivity contribution in [3.05, 3.63) is 71.3 Å². The van der Waals surface area contributed by atoms with Crippen LogP contribution in [0.5, 0.6) is 0 Å². The summed E-state index contributed by atoms with van der Waals surface area (Å²) >= 11 is 0. The van der Waals surface area contributed by atoms with Crippen LogP contribution in [0.1, 0.15) is 16.7 Å². The van der Waals surface area contributed by atoms with Gasteiger partial charge in [-0.05, 0) is 17.2 Å². The van der Waals surface area contributed by atoms with Crippen molar-refractivity contribution in [2.45, 2.75) is 12.4 Å². The van der Waals surface area contributed by atoms with Crippen LogP contribution in [0, 0.1) is 11.8 Å². The lowest BCUT2D eigenvalue weighted by Crippen LogP contribution is -2.24. The molecule has 0 saturated carbocycles. The first-order valence-electron chi connectivity index (χ1n) is 7.63. The zero-order chi connectivity index (χ0) is 18.1. The number of alkyl carbamates (subject to hydrolysis) is 1. The maximum Gasteiger partial charge on any atom is 0.408 e. The van der Waals surface area contributed by atoms with Crippen LogP contribution in [-0.4, -0.2) is 27.3 Å². The number of hydrogen-bond donors (Lipinski definition) is 1. The zero-order valence-electron chi connectivity index (χ0n) is 13.9. The van der Waals surface area contributed by atoms with E-state index in [1.165, 1.54) is 6.26 Å². The maximum absolute atomic E-state index is 11.6. The molecule has 0 aliphatic rings. The molecule has 0 spiro atoms. The van der Waals surface area contributed by atoms with E-state index in [0.29, 0.717) is 11.1 Å². The van der Waals surface area contributed by atoms with Gasteiger partial charge in [0.15, 0.2) is 9.84 Å². The Hall–Kier alpha value is -2.78. The van der Waals surface area contributed by atoms with Gasteiger partial charge in [-0.3, -0.25) is 0 Å². The average molecular weight is 357 g/mol. The number of carbonyl (C=O) groups is 1. The molecular formula is C19H19NO4S. The second-order valence-electron chi connectivity index (χ2n) is 5.44. The number of hydrogen-bond acceptors (Lipinski definition) is 4. The van der Waals surface area contributed by atoms with Crippen molar-refractivity contribution in [1.82, 2.24) is 5.32 Å². The highest BCUT2D eigenvalue weighted by atomic mass is 32.2. The number of rotatable bonds is 5. The van der Waals surface area contributed by atoms with E-state index in [4.69, 9.17) is 4.74 Å². The first kappa shape index (κ1) is 18.6. The summed E-state index contributed by atoms with van der Waals surface area (Å²) < 4.78 is 28.0. The number of ether oxygens (including phenoxy) is 1. The third-order valence-electron chi connectivity index (χ3n) is 3.19. The summed E-state index contributed by atoms with van der Waals surface area (Å²) in [6.07, 6.45) is 0.629. The fourth-order valence-electron chi connectivity index (χ4n) is 2.08. The molecule has 0 aliphatic carbocycles. The Kier molecular flexibility index (Phi) is 6.61. The molecule has 0 saturated heterocycles. The standard InChI is InChI=1S/C19H19NO4S/c1-25(22,23)15-18-11-6-5-10-17(18)12-7-13-20-19(21)24-14-16-8-3-2-4-9-16/h2-6,8-11H,13-15H2,1H3,(H,20,21). The van der Waals surface area contributed by atoms with Crippen LogP contribution >= 0.6 is 0 Å². The molecule has 5 nitrogen and oxygen atoms in total. The van der Waals surface area contributed by atoms with Crippen LogP contribution in [0.25, 0.3) is 0 Å². The highest BCUT2D eigenvalue weighted by molar-refractivity contribution is 7.89. The summed E-state index contributed by atoms with van der Waals surface area (Å²) in [6.45, 7) is 0.304. The molecule has 1 amide bonds. The minimum Gasteiger partial charge on any atom is -0.445 e. The van der Waals surface area contributed by atoms with Gasteiger partial charge in [-0.1, -0.05) is 60.4 Å². The normalized spacial score (nSPS) is 10.4. The quantitative estimate of drug-likeness (QED) is 0.835. The summed E-state index contributed by atoms with van der Waals surface area (Å²) in [6, 6.07) is 16.4. The Bertz CT molecular complexity index is 880. The summed E-state index contributed by atoms with van der Waals surface area (Å²) in [5.41, 5.74) is 2.18. The summed E-state index contributed by atoms with van der Waals surface area (Å²) in [5.74, 6) is 5.62. The number of nitrogens with one attached hydrogen (secondary N) is 1. The van der Waals surface area contributed by atoms with Gasteiger partial charge >= 0.3 is 6.09 Å². The first-order valence-corrected chi connectivity index (χ1v) is 9.69. The SMILES string of the molecule is CS(=O)(=O)Cc1ccccc1C#CCNC(=O)OCc1ccccc1. The van der Waals surface area contributed by atoms with Crippen molar-refractivity contribution in [3.8, 4) is 11.8 Å². The van der Waals surface area contributed by atoms with Crippen molar-refractivity contribution < 1.29 is 17.9 Å². The van der Waals surface area contributed by atoms with E-state index in [0.717, 1.165) is 5.56 Å². The molecular weight excluding hydrogens is 338 g/mol. The molecule has 1 N–H and O–H groups in total. The van der Waals surface area contributed by atoms with E-state index < -0.39 is 15.9 Å².